The van der Waals surface area contributed by atoms with E-state index in [0.717, 1.165) is 22.3 Å². The molecule has 4 rings (SSSR count). The van der Waals surface area contributed by atoms with Gasteiger partial charge in [-0.15, -0.1) is 0 Å². The number of carboxylic acid groups (broad SMARTS) is 1. The number of nitrogens with one attached hydrogen (secondary N) is 1. The van der Waals surface area contributed by atoms with Crippen LogP contribution in [0.1, 0.15) is 29.4 Å². The van der Waals surface area contributed by atoms with E-state index in [1.54, 1.807) is 6.92 Å². The summed E-state index contributed by atoms with van der Waals surface area (Å²) < 4.78 is 11.7. The van der Waals surface area contributed by atoms with Crippen molar-refractivity contribution >= 4 is 33.8 Å². The van der Waals surface area contributed by atoms with Crippen LogP contribution in [0, 0.1) is 20.8 Å². The number of aryl methyl sites for hydroxylation is 3. The van der Waals surface area contributed by atoms with Gasteiger partial charge in [0.1, 0.15) is 23.0 Å². The van der Waals surface area contributed by atoms with Crippen molar-refractivity contribution in [2.45, 2.75) is 40.2 Å². The molecule has 32 heavy (non-hydrogen) atoms. The molecule has 4 aromatic rings. The minimum absolute atomic E-state index is 0.202. The molecule has 0 saturated carbocycles. The summed E-state index contributed by atoms with van der Waals surface area (Å²) in [6, 6.07) is 10.8. The number of benzene rings is 2. The molecule has 0 aliphatic heterocycles. The van der Waals surface area contributed by atoms with Crippen LogP contribution < -0.4 is 10.9 Å². The van der Waals surface area contributed by atoms with Gasteiger partial charge in [-0.1, -0.05) is 30.3 Å². The Morgan fingerprint density at radius 1 is 1.00 bits per heavy atom. The van der Waals surface area contributed by atoms with Gasteiger partial charge in [0.25, 0.3) is 0 Å². The molecule has 1 atom stereocenters. The fraction of sp³-hybridized carbons (Fsp3) is 0.240. The standard InChI is InChI=1S/C25H23NO6/c1-12-17-10-19-21(16-8-6-5-7-9-16)15(4)31-23(19)13(2)22(17)32-25(30)18(12)11-20(27)26-14(3)24(28)29/h5-10,14H,11H2,1-4H3,(H,26,27)(H,28,29)/t14-/m0/s1. The molecule has 0 radical (unpaired) electrons. The summed E-state index contributed by atoms with van der Waals surface area (Å²) in [7, 11) is 0. The first-order valence-corrected chi connectivity index (χ1v) is 10.3. The Balaban J connectivity index is 1.90. The summed E-state index contributed by atoms with van der Waals surface area (Å²) in [6.45, 7) is 6.87. The third-order valence-electron chi connectivity index (χ3n) is 5.78. The van der Waals surface area contributed by atoms with Crippen molar-refractivity contribution < 1.29 is 23.5 Å². The molecule has 1 amide bonds. The zero-order valence-electron chi connectivity index (χ0n) is 18.2. The van der Waals surface area contributed by atoms with Crippen LogP contribution in [0.5, 0.6) is 0 Å². The van der Waals surface area contributed by atoms with Crippen LogP contribution in [-0.2, 0) is 16.0 Å². The molecule has 164 valence electrons. The average Bonchev–Trinajstić information content (AvgIpc) is 3.09. The summed E-state index contributed by atoms with van der Waals surface area (Å²) >= 11 is 0. The topological polar surface area (TPSA) is 110 Å². The Morgan fingerprint density at radius 2 is 1.66 bits per heavy atom. The third kappa shape index (κ3) is 3.56. The zero-order valence-corrected chi connectivity index (χ0v) is 18.2. The van der Waals surface area contributed by atoms with E-state index in [1.807, 2.05) is 50.2 Å². The van der Waals surface area contributed by atoms with E-state index in [0.29, 0.717) is 27.7 Å². The van der Waals surface area contributed by atoms with Crippen molar-refractivity contribution in [3.8, 4) is 11.1 Å². The van der Waals surface area contributed by atoms with E-state index in [1.165, 1.54) is 6.92 Å². The van der Waals surface area contributed by atoms with Gasteiger partial charge in [0, 0.05) is 21.9 Å². The summed E-state index contributed by atoms with van der Waals surface area (Å²) in [4.78, 5) is 36.0. The second kappa shape index (κ2) is 8.00. The Labute approximate surface area is 183 Å². The quantitative estimate of drug-likeness (QED) is 0.455. The molecule has 7 heteroatoms. The maximum Gasteiger partial charge on any atom is 0.340 e. The maximum atomic E-state index is 12.7. The lowest BCUT2D eigenvalue weighted by atomic mass is 9.96. The van der Waals surface area contributed by atoms with E-state index in [4.69, 9.17) is 13.9 Å². The van der Waals surface area contributed by atoms with Crippen LogP contribution in [-0.4, -0.2) is 23.0 Å². The Kier molecular flexibility index (Phi) is 5.34. The highest BCUT2D eigenvalue weighted by atomic mass is 16.4. The lowest BCUT2D eigenvalue weighted by Gasteiger charge is -2.12. The normalized spacial score (nSPS) is 12.2. The average molecular weight is 433 g/mol. The van der Waals surface area contributed by atoms with Gasteiger partial charge in [-0.05, 0) is 44.9 Å². The number of rotatable bonds is 5. The highest BCUT2D eigenvalue weighted by Gasteiger charge is 2.22. The minimum Gasteiger partial charge on any atom is -0.480 e. The number of furan rings is 1. The monoisotopic (exact) mass is 433 g/mol. The first-order valence-electron chi connectivity index (χ1n) is 10.3. The van der Waals surface area contributed by atoms with Crippen molar-refractivity contribution in [2.24, 2.45) is 0 Å². The Morgan fingerprint density at radius 3 is 2.31 bits per heavy atom. The van der Waals surface area contributed by atoms with Crippen LogP contribution in [0.4, 0.5) is 0 Å². The molecule has 0 aliphatic carbocycles. The van der Waals surface area contributed by atoms with Crippen LogP contribution in [0.2, 0.25) is 0 Å². The van der Waals surface area contributed by atoms with Gasteiger partial charge >= 0.3 is 11.6 Å². The van der Waals surface area contributed by atoms with Gasteiger partial charge in [0.15, 0.2) is 0 Å². The molecular formula is C25H23NO6. The van der Waals surface area contributed by atoms with E-state index >= 15 is 0 Å². The number of hydrogen-bond donors (Lipinski definition) is 2. The van der Waals surface area contributed by atoms with Gasteiger partial charge in [0.05, 0.1) is 12.0 Å². The van der Waals surface area contributed by atoms with Crippen molar-refractivity contribution in [1.82, 2.24) is 5.32 Å². The minimum atomic E-state index is -1.15. The smallest absolute Gasteiger partial charge is 0.340 e. The number of fused-ring (bicyclic) bond motifs is 2. The predicted octanol–water partition coefficient (Wildman–Crippen LogP) is 4.26. The molecule has 2 N–H and O–H groups in total. The summed E-state index contributed by atoms with van der Waals surface area (Å²) in [5.74, 6) is -0.953. The van der Waals surface area contributed by atoms with Crippen LogP contribution >= 0.6 is 0 Å². The molecule has 7 nitrogen and oxygen atoms in total. The second-order valence-electron chi connectivity index (χ2n) is 7.95. The first-order chi connectivity index (χ1) is 15.2. The number of amides is 1. The predicted molar refractivity (Wildman–Crippen MR) is 121 cm³/mol. The number of aliphatic carboxylic acids is 1. The molecule has 2 aromatic carbocycles. The lowest BCUT2D eigenvalue weighted by Crippen LogP contribution is -2.39. The molecule has 0 unspecified atom stereocenters. The Bertz CT molecular complexity index is 1430. The second-order valence-corrected chi connectivity index (χ2v) is 7.95. The molecule has 2 heterocycles. The van der Waals surface area contributed by atoms with Crippen molar-refractivity contribution in [3.63, 3.8) is 0 Å². The zero-order chi connectivity index (χ0) is 23.2. The van der Waals surface area contributed by atoms with Gasteiger partial charge in [-0.25, -0.2) is 4.79 Å². The Hall–Kier alpha value is -3.87. The van der Waals surface area contributed by atoms with Gasteiger partial charge in [0.2, 0.25) is 5.91 Å². The molecule has 0 fully saturated rings. The molecule has 2 aromatic heterocycles. The largest absolute Gasteiger partial charge is 0.480 e. The third-order valence-corrected chi connectivity index (χ3v) is 5.78. The first kappa shape index (κ1) is 21.4. The highest BCUT2D eigenvalue weighted by molar-refractivity contribution is 6.06. The molecule has 0 saturated heterocycles. The van der Waals surface area contributed by atoms with Gasteiger partial charge < -0.3 is 19.3 Å². The van der Waals surface area contributed by atoms with Crippen LogP contribution in [0.15, 0.2) is 50.0 Å². The number of hydrogen-bond acceptors (Lipinski definition) is 5. The van der Waals surface area contributed by atoms with E-state index < -0.39 is 23.5 Å². The van der Waals surface area contributed by atoms with E-state index in [-0.39, 0.29) is 12.0 Å². The summed E-state index contributed by atoms with van der Waals surface area (Å²) in [5, 5.41) is 13.0. The van der Waals surface area contributed by atoms with Gasteiger partial charge in [-0.2, -0.15) is 0 Å². The fourth-order valence-corrected chi connectivity index (χ4v) is 4.06. The SMILES string of the molecule is Cc1oc2c(C)c3oc(=O)c(CC(=O)N[C@@H](C)C(=O)O)c(C)c3cc2c1-c1ccccc1. The molecular weight excluding hydrogens is 410 g/mol. The number of carbonyl (C=O) groups excluding carboxylic acids is 1. The number of carbonyl (C=O) groups is 2. The van der Waals surface area contributed by atoms with Crippen LogP contribution in [0.3, 0.4) is 0 Å². The maximum absolute atomic E-state index is 12.7. The number of carboxylic acids is 1. The molecule has 0 bridgehead atoms. The summed E-state index contributed by atoms with van der Waals surface area (Å²) in [5.41, 5.74) is 3.95. The lowest BCUT2D eigenvalue weighted by molar-refractivity contribution is -0.141. The van der Waals surface area contributed by atoms with E-state index in [2.05, 4.69) is 5.32 Å². The highest BCUT2D eigenvalue weighted by Crippen LogP contribution is 2.39. The van der Waals surface area contributed by atoms with Crippen LogP contribution in [0.25, 0.3) is 33.1 Å². The molecule has 0 aliphatic rings. The fourth-order valence-electron chi connectivity index (χ4n) is 4.06. The van der Waals surface area contributed by atoms with Crippen molar-refractivity contribution in [1.29, 1.82) is 0 Å². The molecule has 0 spiro atoms. The summed E-state index contributed by atoms with van der Waals surface area (Å²) in [6.07, 6.45) is -0.269. The van der Waals surface area contributed by atoms with E-state index in [9.17, 15) is 14.4 Å². The van der Waals surface area contributed by atoms with Gasteiger partial charge in [-0.3, -0.25) is 9.59 Å². The van der Waals surface area contributed by atoms with Crippen molar-refractivity contribution in [3.05, 3.63) is 69.3 Å². The van der Waals surface area contributed by atoms with Crippen molar-refractivity contribution in [2.75, 3.05) is 0 Å².